The van der Waals surface area contributed by atoms with Gasteiger partial charge < -0.3 is 18.4 Å². The van der Waals surface area contributed by atoms with Crippen LogP contribution < -0.4 is 0 Å². The molecule has 0 heterocycles. The Bertz CT molecular complexity index is 214. The normalized spacial score (nSPS) is 14.8. The molecule has 0 aliphatic rings. The van der Waals surface area contributed by atoms with Crippen LogP contribution in [-0.2, 0) is 18.4 Å². The molecular formula is C11H27BO4Si. The molecule has 17 heavy (non-hydrogen) atoms. The first-order chi connectivity index (χ1) is 7.64. The summed E-state index contributed by atoms with van der Waals surface area (Å²) in [6, 6.07) is 0. The molecule has 0 fully saturated rings. The van der Waals surface area contributed by atoms with Crippen molar-refractivity contribution >= 4 is 15.6 Å². The number of hydrogen-bond donors (Lipinski definition) is 0. The van der Waals surface area contributed by atoms with Crippen LogP contribution in [-0.4, -0.2) is 42.6 Å². The zero-order valence-electron chi connectivity index (χ0n) is 12.5. The van der Waals surface area contributed by atoms with Gasteiger partial charge in [0.25, 0.3) is 0 Å². The van der Waals surface area contributed by atoms with Crippen molar-refractivity contribution in [2.75, 3.05) is 20.8 Å². The third-order valence-corrected chi connectivity index (χ3v) is 7.76. The predicted molar refractivity (Wildman–Crippen MR) is 73.5 cm³/mol. The van der Waals surface area contributed by atoms with E-state index in [1.54, 1.807) is 14.2 Å². The largest absolute Gasteiger partial charge is 0.639 e. The molecule has 0 aromatic carbocycles. The molecule has 0 rings (SSSR count). The smallest absolute Gasteiger partial charge is 0.412 e. The van der Waals surface area contributed by atoms with Crippen LogP contribution in [0.4, 0.5) is 0 Å². The Morgan fingerprint density at radius 1 is 1.12 bits per heavy atom. The molecule has 4 nitrogen and oxygen atoms in total. The topological polar surface area (TPSA) is 36.9 Å². The standard InChI is InChI=1S/C11H27BO4Si/c1-10(9-15-12(13-5)14-6)16-17(7,8)11(2,3)4/h10H,9H2,1-8H3. The van der Waals surface area contributed by atoms with Crippen molar-refractivity contribution in [1.29, 1.82) is 0 Å². The predicted octanol–water partition coefficient (Wildman–Crippen LogP) is 2.69. The molecule has 0 radical (unpaired) electrons. The zero-order valence-corrected chi connectivity index (χ0v) is 13.5. The van der Waals surface area contributed by atoms with E-state index in [2.05, 4.69) is 33.9 Å². The Labute approximate surface area is 107 Å². The van der Waals surface area contributed by atoms with Gasteiger partial charge in [0.2, 0.25) is 0 Å². The van der Waals surface area contributed by atoms with Crippen LogP contribution in [0.5, 0.6) is 0 Å². The molecule has 6 heteroatoms. The minimum Gasteiger partial charge on any atom is -0.412 e. The fraction of sp³-hybridized carbons (Fsp3) is 1.00. The molecule has 0 spiro atoms. The molecule has 0 aromatic heterocycles. The fourth-order valence-corrected chi connectivity index (χ4v) is 2.59. The Hall–Kier alpha value is 0.122. The lowest BCUT2D eigenvalue weighted by Crippen LogP contribution is -2.44. The molecule has 0 aliphatic heterocycles. The summed E-state index contributed by atoms with van der Waals surface area (Å²) in [6.07, 6.45) is 0.0451. The molecule has 0 saturated heterocycles. The molecule has 0 N–H and O–H groups in total. The summed E-state index contributed by atoms with van der Waals surface area (Å²) in [7, 11) is 0.766. The van der Waals surface area contributed by atoms with E-state index in [0.717, 1.165) is 0 Å². The van der Waals surface area contributed by atoms with E-state index in [1.165, 1.54) is 0 Å². The lowest BCUT2D eigenvalue weighted by Gasteiger charge is -2.38. The maximum atomic E-state index is 6.14. The van der Waals surface area contributed by atoms with Crippen LogP contribution in [0.1, 0.15) is 27.7 Å². The van der Waals surface area contributed by atoms with E-state index >= 15 is 0 Å². The number of hydrogen-bond acceptors (Lipinski definition) is 4. The summed E-state index contributed by atoms with van der Waals surface area (Å²) < 4.78 is 21.5. The van der Waals surface area contributed by atoms with Crippen LogP contribution in [0.25, 0.3) is 0 Å². The SMILES string of the molecule is COB(OC)OCC(C)O[Si](C)(C)C(C)(C)C. The minimum atomic E-state index is -1.72. The van der Waals surface area contributed by atoms with Gasteiger partial charge in [-0.25, -0.2) is 0 Å². The van der Waals surface area contributed by atoms with Gasteiger partial charge >= 0.3 is 7.32 Å². The van der Waals surface area contributed by atoms with Gasteiger partial charge in [-0.1, -0.05) is 20.8 Å². The second-order valence-electron chi connectivity index (χ2n) is 5.78. The highest BCUT2D eigenvalue weighted by molar-refractivity contribution is 6.74. The van der Waals surface area contributed by atoms with Gasteiger partial charge in [-0.2, -0.15) is 0 Å². The van der Waals surface area contributed by atoms with Gasteiger partial charge in [0.05, 0.1) is 12.7 Å². The first-order valence-electron chi connectivity index (χ1n) is 5.99. The summed E-state index contributed by atoms with van der Waals surface area (Å²) in [5, 5.41) is 0.211. The minimum absolute atomic E-state index is 0.0451. The highest BCUT2D eigenvalue weighted by atomic mass is 28.4. The molecule has 1 atom stereocenters. The maximum absolute atomic E-state index is 6.14. The molecule has 102 valence electrons. The van der Waals surface area contributed by atoms with Crippen molar-refractivity contribution in [2.24, 2.45) is 0 Å². The molecule has 0 saturated carbocycles. The average molecular weight is 262 g/mol. The molecule has 0 bridgehead atoms. The first kappa shape index (κ1) is 17.1. The third kappa shape index (κ3) is 6.01. The Morgan fingerprint density at radius 3 is 1.94 bits per heavy atom. The summed E-state index contributed by atoms with van der Waals surface area (Å²) in [5.41, 5.74) is 0. The van der Waals surface area contributed by atoms with E-state index in [9.17, 15) is 0 Å². The lowest BCUT2D eigenvalue weighted by atomic mass is 10.2. The van der Waals surface area contributed by atoms with Crippen molar-refractivity contribution in [1.82, 2.24) is 0 Å². The van der Waals surface area contributed by atoms with Gasteiger partial charge in [-0.3, -0.25) is 0 Å². The van der Waals surface area contributed by atoms with E-state index in [4.69, 9.17) is 18.4 Å². The van der Waals surface area contributed by atoms with Crippen LogP contribution in [0.15, 0.2) is 0 Å². The van der Waals surface area contributed by atoms with Gasteiger partial charge in [0.1, 0.15) is 0 Å². The van der Waals surface area contributed by atoms with Crippen molar-refractivity contribution in [3.8, 4) is 0 Å². The van der Waals surface area contributed by atoms with Gasteiger partial charge in [0.15, 0.2) is 8.32 Å². The van der Waals surface area contributed by atoms with Crippen LogP contribution in [0.2, 0.25) is 18.1 Å². The van der Waals surface area contributed by atoms with Gasteiger partial charge in [-0.05, 0) is 25.1 Å². The zero-order chi connectivity index (χ0) is 13.7. The molecule has 0 amide bonds. The second-order valence-corrected chi connectivity index (χ2v) is 10.5. The van der Waals surface area contributed by atoms with Crippen LogP contribution in [0.3, 0.4) is 0 Å². The summed E-state index contributed by atoms with van der Waals surface area (Å²) >= 11 is 0. The van der Waals surface area contributed by atoms with Crippen molar-refractivity contribution < 1.29 is 18.4 Å². The second kappa shape index (κ2) is 6.90. The highest BCUT2D eigenvalue weighted by Gasteiger charge is 2.38. The maximum Gasteiger partial charge on any atom is 0.639 e. The fourth-order valence-electron chi connectivity index (χ4n) is 1.16. The van der Waals surface area contributed by atoms with E-state index in [-0.39, 0.29) is 11.1 Å². The van der Waals surface area contributed by atoms with Gasteiger partial charge in [-0.15, -0.1) is 0 Å². The van der Waals surface area contributed by atoms with E-state index in [0.29, 0.717) is 6.61 Å². The monoisotopic (exact) mass is 262 g/mol. The average Bonchev–Trinajstić information content (AvgIpc) is 2.16. The van der Waals surface area contributed by atoms with E-state index in [1.807, 2.05) is 6.92 Å². The molecule has 1 unspecified atom stereocenters. The van der Waals surface area contributed by atoms with Crippen LogP contribution in [0, 0.1) is 0 Å². The Morgan fingerprint density at radius 2 is 1.59 bits per heavy atom. The molecule has 0 aliphatic carbocycles. The van der Waals surface area contributed by atoms with Gasteiger partial charge in [0, 0.05) is 14.2 Å². The Kier molecular flexibility index (Phi) is 6.95. The quantitative estimate of drug-likeness (QED) is 0.661. The molecule has 0 aromatic rings. The lowest BCUT2D eigenvalue weighted by molar-refractivity contribution is 0.0757. The summed E-state index contributed by atoms with van der Waals surface area (Å²) in [5.74, 6) is 0. The summed E-state index contributed by atoms with van der Waals surface area (Å²) in [6.45, 7) is 13.6. The number of rotatable bonds is 7. The third-order valence-electron chi connectivity index (χ3n) is 3.15. The van der Waals surface area contributed by atoms with Crippen molar-refractivity contribution in [3.05, 3.63) is 0 Å². The molecular weight excluding hydrogens is 235 g/mol. The van der Waals surface area contributed by atoms with Crippen molar-refractivity contribution in [2.45, 2.75) is 51.9 Å². The Balaban J connectivity index is 4.14. The van der Waals surface area contributed by atoms with E-state index < -0.39 is 15.6 Å². The summed E-state index contributed by atoms with van der Waals surface area (Å²) in [4.78, 5) is 0. The van der Waals surface area contributed by atoms with Crippen LogP contribution >= 0.6 is 0 Å². The first-order valence-corrected chi connectivity index (χ1v) is 8.90. The van der Waals surface area contributed by atoms with Crippen molar-refractivity contribution in [3.63, 3.8) is 0 Å². The highest BCUT2D eigenvalue weighted by Crippen LogP contribution is 2.37.